The summed E-state index contributed by atoms with van der Waals surface area (Å²) in [6, 6.07) is 0. The number of aliphatic hydroxyl groups excluding tert-OH is 1. The average molecular weight is 217 g/mol. The largest absolute Gasteiger partial charge is 0.396 e. The van der Waals surface area contributed by atoms with Gasteiger partial charge in [0.05, 0.1) is 6.61 Å². The Bertz CT molecular complexity index is 147. The number of rotatable bonds is 9. The molecular formula is C12H27NO2. The van der Waals surface area contributed by atoms with Crippen molar-refractivity contribution in [2.45, 2.75) is 34.1 Å². The van der Waals surface area contributed by atoms with Crippen molar-refractivity contribution in [1.82, 2.24) is 4.90 Å². The van der Waals surface area contributed by atoms with E-state index in [4.69, 9.17) is 4.74 Å². The second kappa shape index (κ2) is 8.08. The zero-order valence-corrected chi connectivity index (χ0v) is 10.8. The van der Waals surface area contributed by atoms with Crippen LogP contribution in [-0.2, 0) is 4.74 Å². The van der Waals surface area contributed by atoms with Crippen LogP contribution in [0.5, 0.6) is 0 Å². The molecule has 0 aromatic rings. The Morgan fingerprint density at radius 2 is 1.93 bits per heavy atom. The maximum absolute atomic E-state index is 9.34. The van der Waals surface area contributed by atoms with E-state index >= 15 is 0 Å². The smallest absolute Gasteiger partial charge is 0.0593 e. The third-order valence-electron chi connectivity index (χ3n) is 3.04. The van der Waals surface area contributed by atoms with Crippen LogP contribution in [0.25, 0.3) is 0 Å². The fraction of sp³-hybridized carbons (Fsp3) is 1.00. The zero-order chi connectivity index (χ0) is 11.7. The molecule has 1 atom stereocenters. The molecule has 0 fully saturated rings. The van der Waals surface area contributed by atoms with Crippen LogP contribution in [0.3, 0.4) is 0 Å². The second-order valence-electron chi connectivity index (χ2n) is 4.39. The number of nitrogens with zero attached hydrogens (tertiary/aromatic N) is 1. The van der Waals surface area contributed by atoms with E-state index in [1.165, 1.54) is 0 Å². The van der Waals surface area contributed by atoms with E-state index in [1.54, 1.807) is 0 Å². The highest BCUT2D eigenvalue weighted by Crippen LogP contribution is 2.21. The molecule has 0 aromatic heterocycles. The molecule has 0 heterocycles. The molecule has 3 nitrogen and oxygen atoms in total. The van der Waals surface area contributed by atoms with Crippen LogP contribution < -0.4 is 0 Å². The summed E-state index contributed by atoms with van der Waals surface area (Å²) in [4.78, 5) is 2.34. The van der Waals surface area contributed by atoms with Gasteiger partial charge < -0.3 is 14.7 Å². The van der Waals surface area contributed by atoms with Crippen molar-refractivity contribution in [3.8, 4) is 0 Å². The van der Waals surface area contributed by atoms with Gasteiger partial charge in [-0.3, -0.25) is 0 Å². The summed E-state index contributed by atoms with van der Waals surface area (Å²) >= 11 is 0. The predicted molar refractivity (Wildman–Crippen MR) is 64.1 cm³/mol. The van der Waals surface area contributed by atoms with Gasteiger partial charge in [-0.05, 0) is 19.9 Å². The molecule has 0 spiro atoms. The van der Waals surface area contributed by atoms with E-state index in [2.05, 4.69) is 25.7 Å². The summed E-state index contributed by atoms with van der Waals surface area (Å²) in [6.07, 6.45) is 1.01. The van der Waals surface area contributed by atoms with Crippen LogP contribution in [0.15, 0.2) is 0 Å². The van der Waals surface area contributed by atoms with Gasteiger partial charge in [0.1, 0.15) is 0 Å². The van der Waals surface area contributed by atoms with Gasteiger partial charge in [0.15, 0.2) is 0 Å². The monoisotopic (exact) mass is 217 g/mol. The molecule has 0 aromatic carbocycles. The van der Waals surface area contributed by atoms with E-state index in [-0.39, 0.29) is 12.0 Å². The molecule has 0 rings (SSSR count). The molecule has 3 heteroatoms. The van der Waals surface area contributed by atoms with E-state index in [9.17, 15) is 5.11 Å². The van der Waals surface area contributed by atoms with E-state index in [0.717, 1.165) is 39.3 Å². The zero-order valence-electron chi connectivity index (χ0n) is 10.8. The van der Waals surface area contributed by atoms with Crippen molar-refractivity contribution in [2.75, 3.05) is 39.5 Å². The lowest BCUT2D eigenvalue weighted by Gasteiger charge is -2.32. The average Bonchev–Trinajstić information content (AvgIpc) is 2.27. The number of hydrogen-bond acceptors (Lipinski definition) is 3. The van der Waals surface area contributed by atoms with Crippen molar-refractivity contribution in [3.63, 3.8) is 0 Å². The van der Waals surface area contributed by atoms with Gasteiger partial charge in [0.2, 0.25) is 0 Å². The lowest BCUT2D eigenvalue weighted by molar-refractivity contribution is 0.0626. The Kier molecular flexibility index (Phi) is 8.02. The molecule has 1 unspecified atom stereocenters. The molecule has 0 aliphatic rings. The minimum absolute atomic E-state index is 0.0300. The minimum atomic E-state index is 0.0300. The van der Waals surface area contributed by atoms with Crippen LogP contribution in [0.1, 0.15) is 34.1 Å². The fourth-order valence-corrected chi connectivity index (χ4v) is 1.50. The van der Waals surface area contributed by atoms with Gasteiger partial charge in [-0.15, -0.1) is 0 Å². The van der Waals surface area contributed by atoms with Gasteiger partial charge in [-0.25, -0.2) is 0 Å². The standard InChI is InChI=1S/C12H27NO2/c1-5-12(4,11-14)10-13(6-2)8-9-15-7-3/h14H,5-11H2,1-4H3. The van der Waals surface area contributed by atoms with E-state index < -0.39 is 0 Å². The van der Waals surface area contributed by atoms with Crippen molar-refractivity contribution >= 4 is 0 Å². The SMILES string of the molecule is CCOCCN(CC)CC(C)(CC)CO. The molecule has 1 N–H and O–H groups in total. The molecule has 92 valence electrons. The Labute approximate surface area is 94.4 Å². The molecule has 0 radical (unpaired) electrons. The summed E-state index contributed by atoms with van der Waals surface area (Å²) in [5.74, 6) is 0. The third-order valence-corrected chi connectivity index (χ3v) is 3.04. The summed E-state index contributed by atoms with van der Waals surface area (Å²) in [5, 5.41) is 9.34. The first-order valence-corrected chi connectivity index (χ1v) is 6.02. The number of aliphatic hydroxyl groups is 1. The molecule has 0 bridgehead atoms. The van der Waals surface area contributed by atoms with Gasteiger partial charge >= 0.3 is 0 Å². The van der Waals surface area contributed by atoms with E-state index in [1.807, 2.05) is 6.92 Å². The van der Waals surface area contributed by atoms with Crippen LogP contribution >= 0.6 is 0 Å². The molecule has 0 aliphatic heterocycles. The summed E-state index contributed by atoms with van der Waals surface area (Å²) in [5.41, 5.74) is 0.0300. The highest BCUT2D eigenvalue weighted by Gasteiger charge is 2.23. The Hall–Kier alpha value is -0.120. The van der Waals surface area contributed by atoms with Crippen molar-refractivity contribution in [1.29, 1.82) is 0 Å². The molecule has 0 amide bonds. The first-order chi connectivity index (χ1) is 7.11. The minimum Gasteiger partial charge on any atom is -0.396 e. The van der Waals surface area contributed by atoms with Gasteiger partial charge in [0.25, 0.3) is 0 Å². The van der Waals surface area contributed by atoms with Crippen LogP contribution in [0, 0.1) is 5.41 Å². The summed E-state index contributed by atoms with van der Waals surface area (Å²) in [7, 11) is 0. The first kappa shape index (κ1) is 14.9. The molecule has 0 aliphatic carbocycles. The highest BCUT2D eigenvalue weighted by molar-refractivity contribution is 4.76. The molecule has 0 saturated carbocycles. The number of likely N-dealkylation sites (N-methyl/N-ethyl adjacent to an activating group) is 1. The fourth-order valence-electron chi connectivity index (χ4n) is 1.50. The van der Waals surface area contributed by atoms with Gasteiger partial charge in [-0.1, -0.05) is 20.8 Å². The van der Waals surface area contributed by atoms with Crippen LogP contribution in [-0.4, -0.2) is 49.5 Å². The Morgan fingerprint density at radius 1 is 1.27 bits per heavy atom. The molecular weight excluding hydrogens is 190 g/mol. The van der Waals surface area contributed by atoms with Crippen molar-refractivity contribution < 1.29 is 9.84 Å². The van der Waals surface area contributed by atoms with E-state index in [0.29, 0.717) is 0 Å². The Balaban J connectivity index is 3.95. The quantitative estimate of drug-likeness (QED) is 0.597. The topological polar surface area (TPSA) is 32.7 Å². The van der Waals surface area contributed by atoms with Crippen molar-refractivity contribution in [2.24, 2.45) is 5.41 Å². The first-order valence-electron chi connectivity index (χ1n) is 6.02. The number of ether oxygens (including phenoxy) is 1. The van der Waals surface area contributed by atoms with Crippen LogP contribution in [0.2, 0.25) is 0 Å². The lowest BCUT2D eigenvalue weighted by Crippen LogP contribution is -2.39. The molecule has 15 heavy (non-hydrogen) atoms. The lowest BCUT2D eigenvalue weighted by atomic mass is 9.88. The van der Waals surface area contributed by atoms with Gasteiger partial charge in [0, 0.05) is 31.7 Å². The third kappa shape index (κ3) is 6.13. The maximum atomic E-state index is 9.34. The second-order valence-corrected chi connectivity index (χ2v) is 4.39. The summed E-state index contributed by atoms with van der Waals surface area (Å²) < 4.78 is 5.34. The number of hydrogen-bond donors (Lipinski definition) is 1. The van der Waals surface area contributed by atoms with Crippen LogP contribution in [0.4, 0.5) is 0 Å². The van der Waals surface area contributed by atoms with Gasteiger partial charge in [-0.2, -0.15) is 0 Å². The van der Waals surface area contributed by atoms with Crippen molar-refractivity contribution in [3.05, 3.63) is 0 Å². The Morgan fingerprint density at radius 3 is 2.33 bits per heavy atom. The normalized spacial score (nSPS) is 15.6. The predicted octanol–water partition coefficient (Wildman–Crippen LogP) is 1.75. The molecule has 0 saturated heterocycles. The highest BCUT2D eigenvalue weighted by atomic mass is 16.5. The maximum Gasteiger partial charge on any atom is 0.0593 e. The summed E-state index contributed by atoms with van der Waals surface area (Å²) in [6.45, 7) is 13.2.